The molecule has 0 aliphatic heterocycles. The molecule has 88 valence electrons. The fraction of sp³-hybridized carbons (Fsp3) is 0.222. The number of halogens is 1. The summed E-state index contributed by atoms with van der Waals surface area (Å²) in [5.41, 5.74) is -0.177. The van der Waals surface area contributed by atoms with Crippen molar-refractivity contribution < 1.29 is 22.7 Å². The van der Waals surface area contributed by atoms with Gasteiger partial charge < -0.3 is 5.11 Å². The maximum absolute atomic E-state index is 13.3. The molecule has 1 N–H and O–H groups in total. The fourth-order valence-electron chi connectivity index (χ4n) is 1.11. The quantitative estimate of drug-likeness (QED) is 0.848. The minimum atomic E-state index is -4.04. The zero-order valence-electron chi connectivity index (χ0n) is 8.42. The number of benzene rings is 1. The monoisotopic (exact) mass is 247 g/mol. The second kappa shape index (κ2) is 4.48. The first kappa shape index (κ1) is 12.4. The summed E-state index contributed by atoms with van der Waals surface area (Å²) in [5, 5.41) is 8.41. The van der Waals surface area contributed by atoms with Gasteiger partial charge in [0.1, 0.15) is 5.82 Å². The molecular weight excluding hydrogens is 237 g/mol. The van der Waals surface area contributed by atoms with E-state index >= 15 is 0 Å². The second-order valence-electron chi connectivity index (χ2n) is 3.07. The average molecular weight is 247 g/mol. The van der Waals surface area contributed by atoms with Crippen LogP contribution in [0.1, 0.15) is 0 Å². The zero-order chi connectivity index (χ0) is 12.3. The molecule has 1 aromatic rings. The molecule has 16 heavy (non-hydrogen) atoms. The van der Waals surface area contributed by atoms with Gasteiger partial charge in [0.05, 0.1) is 5.69 Å². The summed E-state index contributed by atoms with van der Waals surface area (Å²) in [6.07, 6.45) is 0. The van der Waals surface area contributed by atoms with Crippen molar-refractivity contribution in [2.24, 2.45) is 0 Å². The van der Waals surface area contributed by atoms with Crippen LogP contribution in [0, 0.1) is 5.82 Å². The van der Waals surface area contributed by atoms with Crippen molar-refractivity contribution in [1.82, 2.24) is 0 Å². The molecule has 0 radical (unpaired) electrons. The first-order chi connectivity index (χ1) is 7.34. The van der Waals surface area contributed by atoms with Crippen LogP contribution in [-0.4, -0.2) is 32.3 Å². The Bertz CT molecular complexity index is 500. The lowest BCUT2D eigenvalue weighted by Crippen LogP contribution is -2.32. The highest BCUT2D eigenvalue weighted by Crippen LogP contribution is 2.19. The number of hydrogen-bond acceptors (Lipinski definition) is 3. The third-order valence-corrected chi connectivity index (χ3v) is 3.56. The molecule has 0 aliphatic rings. The van der Waals surface area contributed by atoms with Gasteiger partial charge in [-0.2, -0.15) is 0 Å². The number of rotatable bonds is 4. The Balaban J connectivity index is 3.07. The Morgan fingerprint density at radius 3 is 2.50 bits per heavy atom. The van der Waals surface area contributed by atoms with Crippen molar-refractivity contribution >= 4 is 21.7 Å². The Hall–Kier alpha value is -1.63. The molecule has 0 bridgehead atoms. The Labute approximate surface area is 92.2 Å². The van der Waals surface area contributed by atoms with Crippen molar-refractivity contribution in [3.8, 4) is 0 Å². The van der Waals surface area contributed by atoms with Gasteiger partial charge in [-0.25, -0.2) is 12.8 Å². The van der Waals surface area contributed by atoms with Gasteiger partial charge in [-0.1, -0.05) is 12.1 Å². The van der Waals surface area contributed by atoms with Crippen LogP contribution in [0.15, 0.2) is 24.3 Å². The maximum Gasteiger partial charge on any atom is 0.320 e. The summed E-state index contributed by atoms with van der Waals surface area (Å²) in [6, 6.07) is 5.23. The first-order valence-electron chi connectivity index (χ1n) is 4.27. The van der Waals surface area contributed by atoms with E-state index in [2.05, 4.69) is 0 Å². The van der Waals surface area contributed by atoms with Crippen LogP contribution in [0.3, 0.4) is 0 Å². The fourth-order valence-corrected chi connectivity index (χ4v) is 2.06. The lowest BCUT2D eigenvalue weighted by molar-refractivity contribution is -0.134. The van der Waals surface area contributed by atoms with E-state index in [1.165, 1.54) is 18.2 Å². The van der Waals surface area contributed by atoms with E-state index in [1.54, 1.807) is 0 Å². The summed E-state index contributed by atoms with van der Waals surface area (Å²) >= 11 is 0. The molecule has 1 rings (SSSR count). The minimum absolute atomic E-state index is 0.177. The molecule has 1 aromatic carbocycles. The Kier molecular flexibility index (Phi) is 3.48. The summed E-state index contributed by atoms with van der Waals surface area (Å²) in [7, 11) is -2.93. The summed E-state index contributed by atoms with van der Waals surface area (Å²) < 4.78 is 36.8. The van der Waals surface area contributed by atoms with Crippen molar-refractivity contribution in [2.75, 3.05) is 17.1 Å². The Morgan fingerprint density at radius 2 is 2.00 bits per heavy atom. The molecule has 0 unspecified atom stereocenters. The zero-order valence-corrected chi connectivity index (χ0v) is 9.24. The van der Waals surface area contributed by atoms with Crippen LogP contribution >= 0.6 is 0 Å². The molecule has 0 spiro atoms. The number of carboxylic acid groups (broad SMARTS) is 1. The van der Waals surface area contributed by atoms with E-state index in [0.29, 0.717) is 4.31 Å². The second-order valence-corrected chi connectivity index (χ2v) is 5.07. The summed E-state index contributed by atoms with van der Waals surface area (Å²) in [5.74, 6) is -3.28. The van der Waals surface area contributed by atoms with Crippen molar-refractivity contribution in [3.05, 3.63) is 30.1 Å². The SMILES string of the molecule is CN(c1ccccc1F)S(=O)(=O)CC(=O)O. The van der Waals surface area contributed by atoms with Gasteiger partial charge in [0.25, 0.3) is 0 Å². The number of para-hydroxylation sites is 1. The lowest BCUT2D eigenvalue weighted by atomic mass is 10.3. The topological polar surface area (TPSA) is 74.7 Å². The number of nitrogens with zero attached hydrogens (tertiary/aromatic N) is 1. The van der Waals surface area contributed by atoms with Gasteiger partial charge in [0.2, 0.25) is 10.0 Å². The van der Waals surface area contributed by atoms with Crippen molar-refractivity contribution in [1.29, 1.82) is 0 Å². The van der Waals surface area contributed by atoms with E-state index in [1.807, 2.05) is 0 Å². The van der Waals surface area contributed by atoms with Crippen molar-refractivity contribution in [3.63, 3.8) is 0 Å². The number of carboxylic acids is 1. The molecule has 0 amide bonds. The molecule has 0 saturated heterocycles. The van der Waals surface area contributed by atoms with Gasteiger partial charge >= 0.3 is 5.97 Å². The third kappa shape index (κ3) is 2.69. The molecule has 0 atom stereocenters. The van der Waals surface area contributed by atoms with E-state index < -0.39 is 27.6 Å². The van der Waals surface area contributed by atoms with Crippen LogP contribution in [0.25, 0.3) is 0 Å². The van der Waals surface area contributed by atoms with Gasteiger partial charge in [-0.05, 0) is 12.1 Å². The van der Waals surface area contributed by atoms with Crippen LogP contribution in [0.2, 0.25) is 0 Å². The number of anilines is 1. The molecule has 0 saturated carbocycles. The highest BCUT2D eigenvalue weighted by atomic mass is 32.2. The van der Waals surface area contributed by atoms with Gasteiger partial charge in [-0.15, -0.1) is 0 Å². The largest absolute Gasteiger partial charge is 0.480 e. The summed E-state index contributed by atoms with van der Waals surface area (Å²) in [4.78, 5) is 10.3. The van der Waals surface area contributed by atoms with E-state index in [9.17, 15) is 17.6 Å². The Morgan fingerprint density at radius 1 is 1.44 bits per heavy atom. The predicted octanol–water partition coefficient (Wildman–Crippen LogP) is 0.676. The molecule has 0 fully saturated rings. The number of aliphatic carboxylic acids is 1. The standard InChI is InChI=1S/C9H10FNO4S/c1-11(16(14,15)6-9(12)13)8-5-3-2-4-7(8)10/h2-5H,6H2,1H3,(H,12,13). The van der Waals surface area contributed by atoms with Gasteiger partial charge in [0, 0.05) is 7.05 Å². The molecule has 7 heteroatoms. The highest BCUT2D eigenvalue weighted by Gasteiger charge is 2.23. The van der Waals surface area contributed by atoms with E-state index in [4.69, 9.17) is 5.11 Å². The molecule has 0 aromatic heterocycles. The summed E-state index contributed by atoms with van der Waals surface area (Å²) in [6.45, 7) is 0. The maximum atomic E-state index is 13.3. The molecular formula is C9H10FNO4S. The lowest BCUT2D eigenvalue weighted by Gasteiger charge is -2.18. The van der Waals surface area contributed by atoms with Crippen LogP contribution < -0.4 is 4.31 Å². The number of carbonyl (C=O) groups is 1. The van der Waals surface area contributed by atoms with Gasteiger partial charge in [-0.3, -0.25) is 9.10 Å². The minimum Gasteiger partial charge on any atom is -0.480 e. The molecule has 5 nitrogen and oxygen atoms in total. The normalized spacial score (nSPS) is 11.1. The average Bonchev–Trinajstić information content (AvgIpc) is 2.15. The van der Waals surface area contributed by atoms with Crippen molar-refractivity contribution in [2.45, 2.75) is 0 Å². The van der Waals surface area contributed by atoms with Crippen LogP contribution in [-0.2, 0) is 14.8 Å². The molecule has 0 heterocycles. The van der Waals surface area contributed by atoms with E-state index in [0.717, 1.165) is 13.1 Å². The van der Waals surface area contributed by atoms with Crippen LogP contribution in [0.4, 0.5) is 10.1 Å². The number of hydrogen-bond donors (Lipinski definition) is 1. The first-order valence-corrected chi connectivity index (χ1v) is 5.88. The molecule has 0 aliphatic carbocycles. The van der Waals surface area contributed by atoms with E-state index in [-0.39, 0.29) is 5.69 Å². The van der Waals surface area contributed by atoms with Crippen LogP contribution in [0.5, 0.6) is 0 Å². The van der Waals surface area contributed by atoms with Gasteiger partial charge in [0.15, 0.2) is 5.75 Å². The smallest absolute Gasteiger partial charge is 0.320 e. The predicted molar refractivity (Wildman–Crippen MR) is 56.2 cm³/mol. The highest BCUT2D eigenvalue weighted by molar-refractivity contribution is 7.93. The number of sulfonamides is 1. The third-order valence-electron chi connectivity index (χ3n) is 1.91.